The molecule has 0 aromatic rings. The standard InChI is InChI=1S/C9H16N2O2/c1-6(2)5-10-9(13)7(3)11-8(4)12/h7H,1,5H2,2-4H3,(H,10,13)(H,11,12). The summed E-state index contributed by atoms with van der Waals surface area (Å²) in [6, 6.07) is -0.489. The molecule has 1 unspecified atom stereocenters. The number of amides is 2. The molecular formula is C9H16N2O2. The second-order valence-corrected chi connectivity index (χ2v) is 3.10. The highest BCUT2D eigenvalue weighted by Crippen LogP contribution is 1.85. The van der Waals surface area contributed by atoms with E-state index in [2.05, 4.69) is 17.2 Å². The average molecular weight is 184 g/mol. The first-order chi connectivity index (χ1) is 5.93. The molecule has 0 aromatic carbocycles. The number of hydrogen-bond acceptors (Lipinski definition) is 2. The zero-order valence-corrected chi connectivity index (χ0v) is 8.31. The lowest BCUT2D eigenvalue weighted by molar-refractivity contribution is -0.127. The zero-order chi connectivity index (χ0) is 10.4. The highest BCUT2D eigenvalue weighted by atomic mass is 16.2. The van der Waals surface area contributed by atoms with Crippen LogP contribution in [0.3, 0.4) is 0 Å². The highest BCUT2D eigenvalue weighted by Gasteiger charge is 2.12. The lowest BCUT2D eigenvalue weighted by Crippen LogP contribution is -2.44. The third-order valence-electron chi connectivity index (χ3n) is 1.38. The summed E-state index contributed by atoms with van der Waals surface area (Å²) < 4.78 is 0. The zero-order valence-electron chi connectivity index (χ0n) is 8.31. The second-order valence-electron chi connectivity index (χ2n) is 3.10. The molecule has 0 spiro atoms. The molecule has 2 N–H and O–H groups in total. The largest absolute Gasteiger partial charge is 0.351 e. The number of carbonyl (C=O) groups excluding carboxylic acids is 2. The monoisotopic (exact) mass is 184 g/mol. The number of rotatable bonds is 4. The van der Waals surface area contributed by atoms with Crippen LogP contribution in [0.15, 0.2) is 12.2 Å². The molecule has 0 bridgehead atoms. The lowest BCUT2D eigenvalue weighted by atomic mass is 10.3. The third-order valence-corrected chi connectivity index (χ3v) is 1.38. The summed E-state index contributed by atoms with van der Waals surface area (Å²) in [6.45, 7) is 8.93. The molecule has 0 fully saturated rings. The predicted molar refractivity (Wildman–Crippen MR) is 51.1 cm³/mol. The van der Waals surface area contributed by atoms with Crippen molar-refractivity contribution in [3.63, 3.8) is 0 Å². The molecule has 0 aliphatic carbocycles. The Morgan fingerprint density at radius 2 is 1.92 bits per heavy atom. The Kier molecular flexibility index (Phi) is 4.80. The van der Waals surface area contributed by atoms with Crippen molar-refractivity contribution in [3.8, 4) is 0 Å². The average Bonchev–Trinajstić information content (AvgIpc) is 1.98. The fourth-order valence-corrected chi connectivity index (χ4v) is 0.762. The Hall–Kier alpha value is -1.32. The van der Waals surface area contributed by atoms with Crippen LogP contribution in [-0.2, 0) is 9.59 Å². The lowest BCUT2D eigenvalue weighted by Gasteiger charge is -2.12. The molecular weight excluding hydrogens is 168 g/mol. The Bertz CT molecular complexity index is 224. The number of nitrogens with one attached hydrogen (secondary N) is 2. The molecule has 1 atom stereocenters. The van der Waals surface area contributed by atoms with Crippen molar-refractivity contribution in [1.82, 2.24) is 10.6 Å². The maximum Gasteiger partial charge on any atom is 0.242 e. The smallest absolute Gasteiger partial charge is 0.242 e. The molecule has 4 heteroatoms. The van der Waals surface area contributed by atoms with Gasteiger partial charge < -0.3 is 10.6 Å². The SMILES string of the molecule is C=C(C)CNC(=O)C(C)NC(C)=O. The van der Waals surface area contributed by atoms with Crippen LogP contribution in [0.2, 0.25) is 0 Å². The third kappa shape index (κ3) is 5.90. The van der Waals surface area contributed by atoms with E-state index in [1.165, 1.54) is 6.92 Å². The van der Waals surface area contributed by atoms with Crippen molar-refractivity contribution in [1.29, 1.82) is 0 Å². The van der Waals surface area contributed by atoms with Gasteiger partial charge in [-0.05, 0) is 13.8 Å². The van der Waals surface area contributed by atoms with Gasteiger partial charge in [-0.25, -0.2) is 0 Å². The van der Waals surface area contributed by atoms with Crippen molar-refractivity contribution in [2.45, 2.75) is 26.8 Å². The maximum absolute atomic E-state index is 11.2. The maximum atomic E-state index is 11.2. The van der Waals surface area contributed by atoms with Gasteiger partial charge in [-0.3, -0.25) is 9.59 Å². The van der Waals surface area contributed by atoms with Gasteiger partial charge in [0.05, 0.1) is 0 Å². The van der Waals surface area contributed by atoms with Crippen LogP contribution >= 0.6 is 0 Å². The topological polar surface area (TPSA) is 58.2 Å². The van der Waals surface area contributed by atoms with Gasteiger partial charge in [-0.15, -0.1) is 0 Å². The summed E-state index contributed by atoms with van der Waals surface area (Å²) in [5, 5.41) is 5.12. The Balaban J connectivity index is 3.82. The van der Waals surface area contributed by atoms with E-state index in [0.717, 1.165) is 5.57 Å². The van der Waals surface area contributed by atoms with Gasteiger partial charge in [0, 0.05) is 13.5 Å². The predicted octanol–water partition coefficient (Wildman–Crippen LogP) is 0.203. The molecule has 0 radical (unpaired) electrons. The fourth-order valence-electron chi connectivity index (χ4n) is 0.762. The van der Waals surface area contributed by atoms with Crippen LogP contribution in [0.1, 0.15) is 20.8 Å². The van der Waals surface area contributed by atoms with Crippen LogP contribution in [0.5, 0.6) is 0 Å². The molecule has 0 saturated heterocycles. The minimum atomic E-state index is -0.489. The van der Waals surface area contributed by atoms with Gasteiger partial charge in [0.15, 0.2) is 0 Å². The van der Waals surface area contributed by atoms with Crippen LogP contribution < -0.4 is 10.6 Å². The number of carbonyl (C=O) groups is 2. The molecule has 0 heterocycles. The van der Waals surface area contributed by atoms with E-state index in [0.29, 0.717) is 6.54 Å². The van der Waals surface area contributed by atoms with Crippen molar-refractivity contribution in [2.24, 2.45) is 0 Å². The first kappa shape index (κ1) is 11.7. The quantitative estimate of drug-likeness (QED) is 0.613. The van der Waals surface area contributed by atoms with E-state index in [4.69, 9.17) is 0 Å². The van der Waals surface area contributed by atoms with Crippen LogP contribution in [-0.4, -0.2) is 24.4 Å². The van der Waals surface area contributed by atoms with E-state index in [9.17, 15) is 9.59 Å². The Morgan fingerprint density at radius 3 is 2.31 bits per heavy atom. The van der Waals surface area contributed by atoms with E-state index in [-0.39, 0.29) is 11.8 Å². The van der Waals surface area contributed by atoms with Gasteiger partial charge >= 0.3 is 0 Å². The molecule has 74 valence electrons. The minimum absolute atomic E-state index is 0.196. The second kappa shape index (κ2) is 5.35. The minimum Gasteiger partial charge on any atom is -0.351 e. The van der Waals surface area contributed by atoms with E-state index < -0.39 is 6.04 Å². The van der Waals surface area contributed by atoms with Crippen LogP contribution in [0, 0.1) is 0 Å². The number of hydrogen-bond donors (Lipinski definition) is 2. The van der Waals surface area contributed by atoms with Gasteiger partial charge in [-0.1, -0.05) is 12.2 Å². The summed E-state index contributed by atoms with van der Waals surface area (Å²) in [5.74, 6) is -0.406. The first-order valence-electron chi connectivity index (χ1n) is 4.12. The van der Waals surface area contributed by atoms with Gasteiger partial charge in [-0.2, -0.15) is 0 Å². The summed E-state index contributed by atoms with van der Waals surface area (Å²) in [6.07, 6.45) is 0. The highest BCUT2D eigenvalue weighted by molar-refractivity contribution is 5.86. The molecule has 2 amide bonds. The molecule has 4 nitrogen and oxygen atoms in total. The van der Waals surface area contributed by atoms with Gasteiger partial charge in [0.1, 0.15) is 6.04 Å². The van der Waals surface area contributed by atoms with E-state index in [1.807, 2.05) is 6.92 Å². The van der Waals surface area contributed by atoms with Crippen molar-refractivity contribution in [2.75, 3.05) is 6.54 Å². The van der Waals surface area contributed by atoms with Crippen molar-refractivity contribution >= 4 is 11.8 Å². The molecule has 0 aliphatic rings. The van der Waals surface area contributed by atoms with E-state index >= 15 is 0 Å². The van der Waals surface area contributed by atoms with Crippen molar-refractivity contribution < 1.29 is 9.59 Å². The molecule has 0 aromatic heterocycles. The molecule has 0 saturated carbocycles. The van der Waals surface area contributed by atoms with Gasteiger partial charge in [0.2, 0.25) is 11.8 Å². The first-order valence-corrected chi connectivity index (χ1v) is 4.12. The Labute approximate surface area is 78.4 Å². The van der Waals surface area contributed by atoms with E-state index in [1.54, 1.807) is 6.92 Å². The van der Waals surface area contributed by atoms with Crippen LogP contribution in [0.4, 0.5) is 0 Å². The summed E-state index contributed by atoms with van der Waals surface area (Å²) in [5.41, 5.74) is 0.878. The van der Waals surface area contributed by atoms with Crippen LogP contribution in [0.25, 0.3) is 0 Å². The summed E-state index contributed by atoms with van der Waals surface area (Å²) in [4.78, 5) is 21.8. The summed E-state index contributed by atoms with van der Waals surface area (Å²) >= 11 is 0. The van der Waals surface area contributed by atoms with Gasteiger partial charge in [0.25, 0.3) is 0 Å². The summed E-state index contributed by atoms with van der Waals surface area (Å²) in [7, 11) is 0. The molecule has 13 heavy (non-hydrogen) atoms. The molecule has 0 rings (SSSR count). The fraction of sp³-hybridized carbons (Fsp3) is 0.556. The normalized spacial score (nSPS) is 11.6. The Morgan fingerprint density at radius 1 is 1.38 bits per heavy atom. The van der Waals surface area contributed by atoms with Crippen molar-refractivity contribution in [3.05, 3.63) is 12.2 Å². The molecule has 0 aliphatic heterocycles.